The number of nitrogens with zero attached hydrogens (tertiary/aromatic N) is 2. The molecule has 0 spiro atoms. The molecule has 25 heavy (non-hydrogen) atoms. The van der Waals surface area contributed by atoms with Crippen LogP contribution in [0.3, 0.4) is 0 Å². The molecular formula is C17H15N3O4S. The second-order valence-corrected chi connectivity index (χ2v) is 7.16. The number of pyridine rings is 1. The highest BCUT2D eigenvalue weighted by atomic mass is 32.2. The number of para-hydroxylation sites is 1. The highest BCUT2D eigenvalue weighted by molar-refractivity contribution is 7.89. The van der Waals surface area contributed by atoms with Crippen molar-refractivity contribution in [1.29, 1.82) is 0 Å². The Kier molecular flexibility index (Phi) is 4.73. The van der Waals surface area contributed by atoms with Gasteiger partial charge in [0.1, 0.15) is 0 Å². The molecule has 0 saturated carbocycles. The highest BCUT2D eigenvalue weighted by Crippen LogP contribution is 2.17. The number of hydrogen-bond acceptors (Lipinski definition) is 5. The first-order chi connectivity index (χ1) is 12.0. The molecule has 8 heteroatoms. The first-order valence-corrected chi connectivity index (χ1v) is 9.02. The standard InChI is InChI=1S/C17H15N3O4S/c21-20(22)15-6-8-16(9-7-15)25(23,24)19-12-10-14-4-1-3-13-5-2-11-18-17(13)14/h1-9,11,19H,10,12H2. The number of nitro benzene ring substituents is 1. The van der Waals surface area contributed by atoms with E-state index in [2.05, 4.69) is 9.71 Å². The summed E-state index contributed by atoms with van der Waals surface area (Å²) in [5, 5.41) is 11.6. The van der Waals surface area contributed by atoms with E-state index in [0.29, 0.717) is 6.42 Å². The molecule has 3 rings (SSSR count). The van der Waals surface area contributed by atoms with Gasteiger partial charge in [-0.1, -0.05) is 24.3 Å². The molecule has 1 N–H and O–H groups in total. The number of fused-ring (bicyclic) bond motifs is 1. The molecule has 3 aromatic rings. The monoisotopic (exact) mass is 357 g/mol. The molecule has 128 valence electrons. The van der Waals surface area contributed by atoms with Gasteiger partial charge >= 0.3 is 0 Å². The average Bonchev–Trinajstić information content (AvgIpc) is 2.62. The summed E-state index contributed by atoms with van der Waals surface area (Å²) in [4.78, 5) is 14.4. The van der Waals surface area contributed by atoms with E-state index in [1.807, 2.05) is 30.3 Å². The van der Waals surface area contributed by atoms with Crippen molar-refractivity contribution in [2.75, 3.05) is 6.54 Å². The molecule has 0 aliphatic heterocycles. The van der Waals surface area contributed by atoms with Crippen LogP contribution in [0.5, 0.6) is 0 Å². The second kappa shape index (κ2) is 6.96. The number of nitrogens with one attached hydrogen (secondary N) is 1. The van der Waals surface area contributed by atoms with E-state index >= 15 is 0 Å². The lowest BCUT2D eigenvalue weighted by atomic mass is 10.1. The van der Waals surface area contributed by atoms with Crippen LogP contribution in [-0.2, 0) is 16.4 Å². The van der Waals surface area contributed by atoms with Gasteiger partial charge in [-0.05, 0) is 30.2 Å². The summed E-state index contributed by atoms with van der Waals surface area (Å²) >= 11 is 0. The zero-order valence-corrected chi connectivity index (χ0v) is 13.9. The minimum Gasteiger partial charge on any atom is -0.258 e. The van der Waals surface area contributed by atoms with Crippen LogP contribution in [0, 0.1) is 10.1 Å². The molecule has 0 unspecified atom stereocenters. The van der Waals surface area contributed by atoms with E-state index < -0.39 is 14.9 Å². The number of non-ortho nitro benzene ring substituents is 1. The Balaban J connectivity index is 1.71. The summed E-state index contributed by atoms with van der Waals surface area (Å²) in [6.45, 7) is 0.203. The van der Waals surface area contributed by atoms with Crippen LogP contribution < -0.4 is 4.72 Å². The molecule has 0 radical (unpaired) electrons. The van der Waals surface area contributed by atoms with Crippen LogP contribution in [0.25, 0.3) is 10.9 Å². The number of sulfonamides is 1. The normalized spacial score (nSPS) is 11.5. The zero-order chi connectivity index (χ0) is 17.9. The summed E-state index contributed by atoms with van der Waals surface area (Å²) < 4.78 is 27.1. The fourth-order valence-electron chi connectivity index (χ4n) is 2.52. The largest absolute Gasteiger partial charge is 0.269 e. The van der Waals surface area contributed by atoms with E-state index in [4.69, 9.17) is 0 Å². The van der Waals surface area contributed by atoms with Crippen molar-refractivity contribution in [3.63, 3.8) is 0 Å². The van der Waals surface area contributed by atoms with Crippen molar-refractivity contribution in [3.05, 3.63) is 76.5 Å². The van der Waals surface area contributed by atoms with E-state index in [0.717, 1.165) is 16.5 Å². The predicted octanol–water partition coefficient (Wildman–Crippen LogP) is 2.66. The van der Waals surface area contributed by atoms with Gasteiger partial charge in [0.25, 0.3) is 5.69 Å². The lowest BCUT2D eigenvalue weighted by Crippen LogP contribution is -2.26. The molecule has 0 amide bonds. The van der Waals surface area contributed by atoms with Gasteiger partial charge in [-0.3, -0.25) is 15.1 Å². The lowest BCUT2D eigenvalue weighted by Gasteiger charge is -2.08. The van der Waals surface area contributed by atoms with E-state index in [1.54, 1.807) is 6.20 Å². The summed E-state index contributed by atoms with van der Waals surface area (Å²) in [6.07, 6.45) is 2.19. The number of aromatic nitrogens is 1. The zero-order valence-electron chi connectivity index (χ0n) is 13.1. The molecule has 0 atom stereocenters. The first kappa shape index (κ1) is 17.0. The number of hydrogen-bond donors (Lipinski definition) is 1. The Morgan fingerprint density at radius 3 is 2.48 bits per heavy atom. The maximum Gasteiger partial charge on any atom is 0.269 e. The van der Waals surface area contributed by atoms with E-state index in [-0.39, 0.29) is 17.1 Å². The SMILES string of the molecule is O=[N+]([O-])c1ccc(S(=O)(=O)NCCc2cccc3cccnc23)cc1. The van der Waals surface area contributed by atoms with Gasteiger partial charge in [0.2, 0.25) is 10.0 Å². The molecule has 0 bridgehead atoms. The van der Waals surface area contributed by atoms with Gasteiger partial charge in [-0.2, -0.15) is 0 Å². The van der Waals surface area contributed by atoms with Crippen molar-refractivity contribution < 1.29 is 13.3 Å². The van der Waals surface area contributed by atoms with Gasteiger partial charge in [-0.15, -0.1) is 0 Å². The average molecular weight is 357 g/mol. The quantitative estimate of drug-likeness (QED) is 0.540. The lowest BCUT2D eigenvalue weighted by molar-refractivity contribution is -0.384. The first-order valence-electron chi connectivity index (χ1n) is 7.54. The Morgan fingerprint density at radius 1 is 1.04 bits per heavy atom. The van der Waals surface area contributed by atoms with Crippen molar-refractivity contribution in [1.82, 2.24) is 9.71 Å². The molecule has 7 nitrogen and oxygen atoms in total. The molecule has 0 aliphatic rings. The van der Waals surface area contributed by atoms with Crippen molar-refractivity contribution in [2.24, 2.45) is 0 Å². The van der Waals surface area contributed by atoms with E-state index in [9.17, 15) is 18.5 Å². The number of nitro groups is 1. The van der Waals surface area contributed by atoms with Crippen molar-refractivity contribution >= 4 is 26.6 Å². The van der Waals surface area contributed by atoms with Crippen LogP contribution in [0.4, 0.5) is 5.69 Å². The summed E-state index contributed by atoms with van der Waals surface area (Å²) in [5.41, 5.74) is 1.64. The molecule has 0 fully saturated rings. The molecular weight excluding hydrogens is 342 g/mol. The van der Waals surface area contributed by atoms with Gasteiger partial charge in [0.05, 0.1) is 15.3 Å². The van der Waals surface area contributed by atoms with Crippen LogP contribution in [-0.4, -0.2) is 24.9 Å². The Labute approximate surface area is 144 Å². The van der Waals surface area contributed by atoms with E-state index in [1.165, 1.54) is 24.3 Å². The topological polar surface area (TPSA) is 102 Å². The third kappa shape index (κ3) is 3.81. The fraction of sp³-hybridized carbons (Fsp3) is 0.118. The number of benzene rings is 2. The predicted molar refractivity (Wildman–Crippen MR) is 93.7 cm³/mol. The minimum atomic E-state index is -3.72. The summed E-state index contributed by atoms with van der Waals surface area (Å²) in [7, 11) is -3.72. The summed E-state index contributed by atoms with van der Waals surface area (Å²) in [6, 6.07) is 14.4. The van der Waals surface area contributed by atoms with Gasteiger partial charge < -0.3 is 0 Å². The molecule has 2 aromatic carbocycles. The Bertz CT molecular complexity index is 1010. The van der Waals surface area contributed by atoms with Gasteiger partial charge in [0, 0.05) is 30.3 Å². The summed E-state index contributed by atoms with van der Waals surface area (Å²) in [5.74, 6) is 0. The maximum absolute atomic E-state index is 12.3. The Morgan fingerprint density at radius 2 is 1.76 bits per heavy atom. The molecule has 0 saturated heterocycles. The van der Waals surface area contributed by atoms with Crippen LogP contribution in [0.15, 0.2) is 65.7 Å². The Hall–Kier alpha value is -2.84. The third-order valence-electron chi connectivity index (χ3n) is 3.76. The molecule has 1 aromatic heterocycles. The van der Waals surface area contributed by atoms with Crippen LogP contribution in [0.2, 0.25) is 0 Å². The van der Waals surface area contributed by atoms with Crippen LogP contribution in [0.1, 0.15) is 5.56 Å². The van der Waals surface area contributed by atoms with Gasteiger partial charge in [-0.25, -0.2) is 13.1 Å². The molecule has 1 heterocycles. The highest BCUT2D eigenvalue weighted by Gasteiger charge is 2.15. The maximum atomic E-state index is 12.3. The smallest absolute Gasteiger partial charge is 0.258 e. The third-order valence-corrected chi connectivity index (χ3v) is 5.24. The van der Waals surface area contributed by atoms with Crippen molar-refractivity contribution in [2.45, 2.75) is 11.3 Å². The van der Waals surface area contributed by atoms with Crippen LogP contribution >= 0.6 is 0 Å². The molecule has 0 aliphatic carbocycles. The number of rotatable bonds is 6. The second-order valence-electron chi connectivity index (χ2n) is 5.39. The van der Waals surface area contributed by atoms with Crippen molar-refractivity contribution in [3.8, 4) is 0 Å². The fourth-order valence-corrected chi connectivity index (χ4v) is 3.55. The van der Waals surface area contributed by atoms with Gasteiger partial charge in [0.15, 0.2) is 0 Å². The minimum absolute atomic E-state index is 0.00542.